The van der Waals surface area contributed by atoms with Gasteiger partial charge in [-0.1, -0.05) is 18.2 Å². The summed E-state index contributed by atoms with van der Waals surface area (Å²) in [5.74, 6) is 1.04. The van der Waals surface area contributed by atoms with Crippen LogP contribution in [-0.4, -0.2) is 29.6 Å². The molecule has 0 aliphatic heterocycles. The number of hydrogen-bond acceptors (Lipinski definition) is 5. The Morgan fingerprint density at radius 2 is 1.75 bits per heavy atom. The van der Waals surface area contributed by atoms with Crippen LogP contribution in [0.3, 0.4) is 0 Å². The van der Waals surface area contributed by atoms with Crippen LogP contribution in [-0.2, 0) is 0 Å². The monoisotopic (exact) mass is 394 g/mol. The Kier molecular flexibility index (Phi) is 4.86. The van der Waals surface area contributed by atoms with Crippen molar-refractivity contribution in [2.24, 2.45) is 0 Å². The zero-order valence-corrected chi connectivity index (χ0v) is 16.1. The first-order valence-electron chi connectivity index (χ1n) is 8.49. The van der Waals surface area contributed by atoms with Crippen LogP contribution >= 0.6 is 11.3 Å². The Morgan fingerprint density at radius 1 is 1.04 bits per heavy atom. The molecule has 0 bridgehead atoms. The molecule has 0 radical (unpaired) electrons. The minimum atomic E-state index is -0.391. The first-order valence-corrected chi connectivity index (χ1v) is 9.37. The predicted molar refractivity (Wildman–Crippen MR) is 111 cm³/mol. The number of fused-ring (bicyclic) bond motifs is 1. The van der Waals surface area contributed by atoms with Gasteiger partial charge in [0.1, 0.15) is 17.2 Å². The lowest BCUT2D eigenvalue weighted by molar-refractivity contribution is 0.262. The van der Waals surface area contributed by atoms with Crippen LogP contribution in [0.4, 0.5) is 16.2 Å². The number of urea groups is 1. The number of imidazole rings is 1. The van der Waals surface area contributed by atoms with Gasteiger partial charge in [0.05, 0.1) is 19.9 Å². The van der Waals surface area contributed by atoms with Crippen LogP contribution in [0.2, 0.25) is 0 Å². The highest BCUT2D eigenvalue weighted by Gasteiger charge is 2.13. The highest BCUT2D eigenvalue weighted by Crippen LogP contribution is 2.34. The van der Waals surface area contributed by atoms with E-state index < -0.39 is 6.03 Å². The highest BCUT2D eigenvalue weighted by molar-refractivity contribution is 7.15. The Hall–Kier alpha value is -3.52. The van der Waals surface area contributed by atoms with Gasteiger partial charge in [0.15, 0.2) is 4.96 Å². The van der Waals surface area contributed by atoms with Crippen LogP contribution < -0.4 is 20.1 Å². The van der Waals surface area contributed by atoms with Crippen molar-refractivity contribution in [2.75, 3.05) is 24.9 Å². The third kappa shape index (κ3) is 3.49. The van der Waals surface area contributed by atoms with Crippen LogP contribution in [0.1, 0.15) is 0 Å². The van der Waals surface area contributed by atoms with Gasteiger partial charge in [-0.25, -0.2) is 9.78 Å². The number of para-hydroxylation sites is 1. The number of nitrogens with one attached hydrogen (secondary N) is 2. The van der Waals surface area contributed by atoms with Crippen molar-refractivity contribution in [3.63, 3.8) is 0 Å². The summed E-state index contributed by atoms with van der Waals surface area (Å²) < 4.78 is 12.6. The summed E-state index contributed by atoms with van der Waals surface area (Å²) in [6, 6.07) is 12.4. The number of carbonyl (C=O) groups is 1. The van der Waals surface area contributed by atoms with E-state index in [1.807, 2.05) is 46.4 Å². The SMILES string of the molecule is COc1cccc(OC)c1NC(=O)Nc1ccc(-c2cn3ccsc3n2)cc1. The molecule has 2 amide bonds. The van der Waals surface area contributed by atoms with Gasteiger partial charge in [-0.15, -0.1) is 11.3 Å². The van der Waals surface area contributed by atoms with Crippen molar-refractivity contribution in [3.05, 3.63) is 60.2 Å². The number of benzene rings is 2. The van der Waals surface area contributed by atoms with E-state index in [1.165, 1.54) is 14.2 Å². The number of methoxy groups -OCH3 is 2. The molecule has 0 atom stereocenters. The van der Waals surface area contributed by atoms with Gasteiger partial charge in [-0.05, 0) is 24.3 Å². The quantitative estimate of drug-likeness (QED) is 0.513. The van der Waals surface area contributed by atoms with Crippen molar-refractivity contribution < 1.29 is 14.3 Å². The Morgan fingerprint density at radius 3 is 2.39 bits per heavy atom. The van der Waals surface area contributed by atoms with Crippen molar-refractivity contribution in [3.8, 4) is 22.8 Å². The Bertz CT molecular complexity index is 1070. The van der Waals surface area contributed by atoms with E-state index in [-0.39, 0.29) is 0 Å². The van der Waals surface area contributed by atoms with Gasteiger partial charge in [0.25, 0.3) is 0 Å². The standard InChI is InChI=1S/C20H18N4O3S/c1-26-16-4-3-5-17(27-2)18(16)23-19(25)21-14-8-6-13(7-9-14)15-12-24-10-11-28-20(24)22-15/h3-12H,1-2H3,(H2,21,23,25). The third-order valence-corrected chi connectivity index (χ3v) is 4.97. The zero-order chi connectivity index (χ0) is 19.5. The topological polar surface area (TPSA) is 76.9 Å². The van der Waals surface area contributed by atoms with E-state index in [4.69, 9.17) is 9.47 Å². The number of aromatic nitrogens is 2. The molecular weight excluding hydrogens is 376 g/mol. The van der Waals surface area contributed by atoms with Crippen LogP contribution in [0.5, 0.6) is 11.5 Å². The normalized spacial score (nSPS) is 10.6. The predicted octanol–water partition coefficient (Wildman–Crippen LogP) is 4.72. The number of ether oxygens (including phenoxy) is 2. The summed E-state index contributed by atoms with van der Waals surface area (Å²) >= 11 is 1.59. The van der Waals surface area contributed by atoms with Crippen molar-refractivity contribution in [1.82, 2.24) is 9.38 Å². The second kappa shape index (κ2) is 7.61. The summed E-state index contributed by atoms with van der Waals surface area (Å²) in [5, 5.41) is 7.58. The molecule has 2 heterocycles. The second-order valence-electron chi connectivity index (χ2n) is 5.91. The molecule has 8 heteroatoms. The molecule has 0 fully saturated rings. The number of anilines is 2. The van der Waals surface area contributed by atoms with Gasteiger partial charge in [-0.2, -0.15) is 0 Å². The Labute approximate surface area is 165 Å². The van der Waals surface area contributed by atoms with E-state index in [1.54, 1.807) is 29.5 Å². The highest BCUT2D eigenvalue weighted by atomic mass is 32.1. The fraction of sp³-hybridized carbons (Fsp3) is 0.100. The van der Waals surface area contributed by atoms with Crippen molar-refractivity contribution in [2.45, 2.75) is 0 Å². The van der Waals surface area contributed by atoms with Crippen LogP contribution in [0.15, 0.2) is 60.2 Å². The number of thiazole rings is 1. The van der Waals surface area contributed by atoms with E-state index >= 15 is 0 Å². The molecule has 0 saturated carbocycles. The van der Waals surface area contributed by atoms with Crippen molar-refractivity contribution >= 4 is 33.7 Å². The van der Waals surface area contributed by atoms with Crippen LogP contribution in [0, 0.1) is 0 Å². The maximum absolute atomic E-state index is 12.4. The fourth-order valence-electron chi connectivity index (χ4n) is 2.84. The molecule has 0 aliphatic carbocycles. The lowest BCUT2D eigenvalue weighted by atomic mass is 10.1. The smallest absolute Gasteiger partial charge is 0.323 e. The molecule has 0 unspecified atom stereocenters. The van der Waals surface area contributed by atoms with Crippen LogP contribution in [0.25, 0.3) is 16.2 Å². The lowest BCUT2D eigenvalue weighted by Crippen LogP contribution is -2.20. The van der Waals surface area contributed by atoms with E-state index in [9.17, 15) is 4.79 Å². The number of nitrogens with zero attached hydrogens (tertiary/aromatic N) is 2. The summed E-state index contributed by atoms with van der Waals surface area (Å²) in [4.78, 5) is 17.9. The largest absolute Gasteiger partial charge is 0.494 e. The van der Waals surface area contributed by atoms with Gasteiger partial charge < -0.3 is 20.1 Å². The molecule has 0 aliphatic rings. The molecule has 0 spiro atoms. The molecule has 28 heavy (non-hydrogen) atoms. The molecule has 4 aromatic rings. The summed E-state index contributed by atoms with van der Waals surface area (Å²) in [7, 11) is 3.08. The first-order chi connectivity index (χ1) is 13.7. The molecular formula is C20H18N4O3S. The zero-order valence-electron chi connectivity index (χ0n) is 15.3. The average molecular weight is 394 g/mol. The summed E-state index contributed by atoms with van der Waals surface area (Å²) in [6.45, 7) is 0. The van der Waals surface area contributed by atoms with Gasteiger partial charge in [-0.3, -0.25) is 4.40 Å². The molecule has 2 aromatic heterocycles. The van der Waals surface area contributed by atoms with Gasteiger partial charge >= 0.3 is 6.03 Å². The van der Waals surface area contributed by atoms with E-state index in [0.29, 0.717) is 22.9 Å². The first kappa shape index (κ1) is 17.9. The van der Waals surface area contributed by atoms with Gasteiger partial charge in [0, 0.05) is 29.0 Å². The minimum Gasteiger partial charge on any atom is -0.494 e. The maximum Gasteiger partial charge on any atom is 0.323 e. The molecule has 2 aromatic carbocycles. The molecule has 142 valence electrons. The molecule has 0 saturated heterocycles. The van der Waals surface area contributed by atoms with Gasteiger partial charge in [0.2, 0.25) is 0 Å². The van der Waals surface area contributed by atoms with E-state index in [2.05, 4.69) is 15.6 Å². The third-order valence-electron chi connectivity index (χ3n) is 4.20. The molecule has 2 N–H and O–H groups in total. The Balaban J connectivity index is 1.47. The number of rotatable bonds is 5. The van der Waals surface area contributed by atoms with Crippen molar-refractivity contribution in [1.29, 1.82) is 0 Å². The lowest BCUT2D eigenvalue weighted by Gasteiger charge is -2.14. The fourth-order valence-corrected chi connectivity index (χ4v) is 3.54. The number of amides is 2. The molecule has 4 rings (SSSR count). The number of hydrogen-bond donors (Lipinski definition) is 2. The summed E-state index contributed by atoms with van der Waals surface area (Å²) in [6.07, 6.45) is 3.96. The minimum absolute atomic E-state index is 0.391. The summed E-state index contributed by atoms with van der Waals surface area (Å²) in [5.41, 5.74) is 3.01. The second-order valence-corrected chi connectivity index (χ2v) is 6.79. The number of carbonyl (C=O) groups excluding carboxylic acids is 1. The van der Waals surface area contributed by atoms with E-state index in [0.717, 1.165) is 16.2 Å². The average Bonchev–Trinajstić information content (AvgIpc) is 3.31. The maximum atomic E-state index is 12.4. The molecule has 7 nitrogen and oxygen atoms in total.